The third-order valence-electron chi connectivity index (χ3n) is 2.22. The molecule has 0 bridgehead atoms. The molecule has 0 saturated carbocycles. The molecule has 1 atom stereocenters. The fraction of sp³-hybridized carbons (Fsp3) is 0.364. The molecule has 0 aliphatic heterocycles. The summed E-state index contributed by atoms with van der Waals surface area (Å²) in [5.41, 5.74) is 7.33. The Bertz CT molecular complexity index is 437. The van der Waals surface area contributed by atoms with Gasteiger partial charge in [0.05, 0.1) is 0 Å². The van der Waals surface area contributed by atoms with E-state index in [9.17, 15) is 4.21 Å². The van der Waals surface area contributed by atoms with Gasteiger partial charge in [-0.3, -0.25) is 4.21 Å². The van der Waals surface area contributed by atoms with E-state index in [-0.39, 0.29) is 0 Å². The molecule has 1 rings (SSSR count). The van der Waals surface area contributed by atoms with Crippen molar-refractivity contribution in [2.75, 3.05) is 23.4 Å². The zero-order valence-electron chi connectivity index (χ0n) is 9.53. The summed E-state index contributed by atoms with van der Waals surface area (Å²) in [4.78, 5) is 0.379. The summed E-state index contributed by atoms with van der Waals surface area (Å²) in [6, 6.07) is 5.65. The lowest BCUT2D eigenvalue weighted by Gasteiger charge is -2.09. The number of hydrogen-bond acceptors (Lipinski definition) is 3. The molecular weight excluding hydrogens is 320 g/mol. The summed E-state index contributed by atoms with van der Waals surface area (Å²) in [5.74, 6) is 1.35. The van der Waals surface area contributed by atoms with Crippen molar-refractivity contribution in [2.45, 2.75) is 6.92 Å². The van der Waals surface area contributed by atoms with Gasteiger partial charge in [0.25, 0.3) is 0 Å². The van der Waals surface area contributed by atoms with Crippen LogP contribution in [0.3, 0.4) is 0 Å². The Morgan fingerprint density at radius 1 is 1.59 bits per heavy atom. The predicted molar refractivity (Wildman–Crippen MR) is 82.1 cm³/mol. The van der Waals surface area contributed by atoms with Crippen molar-refractivity contribution in [2.24, 2.45) is 5.73 Å². The van der Waals surface area contributed by atoms with Crippen LogP contribution in [-0.2, 0) is 10.8 Å². The van der Waals surface area contributed by atoms with Gasteiger partial charge in [0.2, 0.25) is 0 Å². The van der Waals surface area contributed by atoms with Crippen molar-refractivity contribution in [3.63, 3.8) is 0 Å². The van der Waals surface area contributed by atoms with Gasteiger partial charge in [-0.05, 0) is 34.1 Å². The minimum Gasteiger partial charge on any atom is -0.389 e. The lowest BCUT2D eigenvalue weighted by Crippen LogP contribution is -2.13. The summed E-state index contributed by atoms with van der Waals surface area (Å²) in [6.45, 7) is 2.61. The quantitative estimate of drug-likeness (QED) is 0.783. The highest BCUT2D eigenvalue weighted by Crippen LogP contribution is 2.23. The highest BCUT2D eigenvalue weighted by atomic mass is 79.9. The summed E-state index contributed by atoms with van der Waals surface area (Å²) < 4.78 is 12.2. The average Bonchev–Trinajstić information content (AvgIpc) is 2.30. The summed E-state index contributed by atoms with van der Waals surface area (Å²) in [5, 5.41) is 3.22. The molecule has 0 radical (unpaired) electrons. The van der Waals surface area contributed by atoms with Crippen LogP contribution in [0.1, 0.15) is 12.5 Å². The van der Waals surface area contributed by atoms with Crippen LogP contribution in [0.5, 0.6) is 0 Å². The van der Waals surface area contributed by atoms with E-state index >= 15 is 0 Å². The van der Waals surface area contributed by atoms with Crippen LogP contribution in [0.15, 0.2) is 22.7 Å². The third kappa shape index (κ3) is 4.73. The highest BCUT2D eigenvalue weighted by Gasteiger charge is 2.03. The summed E-state index contributed by atoms with van der Waals surface area (Å²) in [7, 11) is -0.738. The van der Waals surface area contributed by atoms with E-state index in [2.05, 4.69) is 21.2 Å². The number of anilines is 1. The van der Waals surface area contributed by atoms with Crippen LogP contribution in [0.2, 0.25) is 0 Å². The van der Waals surface area contributed by atoms with Crippen molar-refractivity contribution < 1.29 is 4.21 Å². The van der Waals surface area contributed by atoms with Gasteiger partial charge in [0.1, 0.15) is 4.99 Å². The van der Waals surface area contributed by atoms with Gasteiger partial charge in [-0.15, -0.1) is 0 Å². The molecule has 0 heterocycles. The van der Waals surface area contributed by atoms with Crippen LogP contribution in [0.25, 0.3) is 0 Å². The molecule has 0 aliphatic carbocycles. The van der Waals surface area contributed by atoms with Crippen LogP contribution >= 0.6 is 28.1 Å². The normalized spacial score (nSPS) is 12.1. The maximum Gasteiger partial charge on any atom is 0.104 e. The monoisotopic (exact) mass is 334 g/mol. The van der Waals surface area contributed by atoms with E-state index in [1.54, 1.807) is 0 Å². The van der Waals surface area contributed by atoms with Crippen LogP contribution in [0.4, 0.5) is 5.69 Å². The Morgan fingerprint density at radius 2 is 2.29 bits per heavy atom. The molecule has 0 spiro atoms. The van der Waals surface area contributed by atoms with Crippen molar-refractivity contribution >= 4 is 49.6 Å². The number of benzene rings is 1. The smallest absolute Gasteiger partial charge is 0.104 e. The molecule has 0 saturated heterocycles. The molecule has 1 unspecified atom stereocenters. The standard InChI is InChI=1S/C11H15BrN2OS2/c1-2-17(15)6-5-14-10-4-3-8(11(13)16)7-9(10)12/h3-4,7,14H,2,5-6H2,1H3,(H2,13,16). The predicted octanol–water partition coefficient (Wildman–Crippen LogP) is 2.26. The molecule has 1 aromatic rings. The summed E-state index contributed by atoms with van der Waals surface area (Å²) in [6.07, 6.45) is 0. The molecule has 6 heteroatoms. The van der Waals surface area contributed by atoms with Gasteiger partial charge in [-0.25, -0.2) is 0 Å². The zero-order chi connectivity index (χ0) is 12.8. The molecule has 0 fully saturated rings. The minimum absolute atomic E-state index is 0.379. The lowest BCUT2D eigenvalue weighted by molar-refractivity contribution is 0.684. The van der Waals surface area contributed by atoms with E-state index in [4.69, 9.17) is 18.0 Å². The van der Waals surface area contributed by atoms with Crippen molar-refractivity contribution in [1.29, 1.82) is 0 Å². The van der Waals surface area contributed by atoms with E-state index in [0.29, 0.717) is 23.0 Å². The van der Waals surface area contributed by atoms with Crippen LogP contribution in [-0.4, -0.2) is 27.2 Å². The fourth-order valence-electron chi connectivity index (χ4n) is 1.26. The van der Waals surface area contributed by atoms with Crippen molar-refractivity contribution in [3.05, 3.63) is 28.2 Å². The molecule has 94 valence electrons. The molecule has 3 nitrogen and oxygen atoms in total. The molecular formula is C11H15BrN2OS2. The average molecular weight is 335 g/mol. The van der Waals surface area contributed by atoms with Gasteiger partial charge in [0, 0.05) is 44.6 Å². The number of nitrogens with two attached hydrogens (primary N) is 1. The molecule has 17 heavy (non-hydrogen) atoms. The molecule has 0 amide bonds. The van der Waals surface area contributed by atoms with Gasteiger partial charge in [-0.2, -0.15) is 0 Å². The first-order chi connectivity index (χ1) is 8.04. The molecule has 0 aromatic heterocycles. The summed E-state index contributed by atoms with van der Waals surface area (Å²) >= 11 is 8.34. The highest BCUT2D eigenvalue weighted by molar-refractivity contribution is 9.10. The van der Waals surface area contributed by atoms with Crippen LogP contribution < -0.4 is 11.1 Å². The first kappa shape index (κ1) is 14.6. The maximum atomic E-state index is 11.3. The Balaban J connectivity index is 2.60. The Morgan fingerprint density at radius 3 is 2.82 bits per heavy atom. The molecule has 3 N–H and O–H groups in total. The van der Waals surface area contributed by atoms with E-state index in [1.807, 2.05) is 25.1 Å². The Kier molecular flexibility index (Phi) is 6.08. The van der Waals surface area contributed by atoms with Gasteiger partial charge >= 0.3 is 0 Å². The number of rotatable bonds is 6. The molecule has 1 aromatic carbocycles. The van der Waals surface area contributed by atoms with Gasteiger partial charge < -0.3 is 11.1 Å². The largest absolute Gasteiger partial charge is 0.389 e. The number of halogens is 1. The minimum atomic E-state index is -0.738. The van der Waals surface area contributed by atoms with E-state index in [1.165, 1.54) is 0 Å². The topological polar surface area (TPSA) is 55.1 Å². The van der Waals surface area contributed by atoms with Gasteiger partial charge in [0.15, 0.2) is 0 Å². The Labute approximate surface area is 118 Å². The lowest BCUT2D eigenvalue weighted by atomic mass is 10.2. The first-order valence-electron chi connectivity index (χ1n) is 5.22. The van der Waals surface area contributed by atoms with Crippen molar-refractivity contribution in [1.82, 2.24) is 0 Å². The first-order valence-corrected chi connectivity index (χ1v) is 7.91. The Hall–Kier alpha value is -0.460. The second kappa shape index (κ2) is 7.08. The number of thiocarbonyl (C=S) groups is 1. The number of hydrogen-bond donors (Lipinski definition) is 2. The second-order valence-electron chi connectivity index (χ2n) is 3.42. The maximum absolute atomic E-state index is 11.3. The SMILES string of the molecule is CCS(=O)CCNc1ccc(C(N)=S)cc1Br. The van der Waals surface area contributed by atoms with E-state index < -0.39 is 10.8 Å². The van der Waals surface area contributed by atoms with Gasteiger partial charge in [-0.1, -0.05) is 19.1 Å². The molecule has 0 aliphatic rings. The zero-order valence-corrected chi connectivity index (χ0v) is 12.8. The van der Waals surface area contributed by atoms with E-state index in [0.717, 1.165) is 15.7 Å². The van der Waals surface area contributed by atoms with Crippen LogP contribution in [0, 0.1) is 0 Å². The third-order valence-corrected chi connectivity index (χ3v) is 4.42. The second-order valence-corrected chi connectivity index (χ2v) is 6.58. The fourth-order valence-corrected chi connectivity index (χ4v) is 2.52. The number of nitrogens with one attached hydrogen (secondary N) is 1. The van der Waals surface area contributed by atoms with Crippen molar-refractivity contribution in [3.8, 4) is 0 Å².